The highest BCUT2D eigenvalue weighted by Gasteiger charge is 2.19. The minimum absolute atomic E-state index is 0.526. The molecule has 0 amide bonds. The van der Waals surface area contributed by atoms with Crippen LogP contribution in [0, 0.1) is 0 Å². The highest BCUT2D eigenvalue weighted by Crippen LogP contribution is 2.37. The summed E-state index contributed by atoms with van der Waals surface area (Å²) in [6.45, 7) is 0. The molecule has 0 atom stereocenters. The Morgan fingerprint density at radius 3 is 2.14 bits per heavy atom. The van der Waals surface area contributed by atoms with Crippen LogP contribution in [-0.4, -0.2) is 27.1 Å². The van der Waals surface area contributed by atoms with E-state index in [0.717, 1.165) is 64.8 Å². The van der Waals surface area contributed by atoms with Gasteiger partial charge in [0.05, 0.1) is 19.0 Å². The number of methoxy groups -OCH3 is 1. The van der Waals surface area contributed by atoms with Crippen molar-refractivity contribution in [2.75, 3.05) is 7.11 Å². The van der Waals surface area contributed by atoms with Gasteiger partial charge in [-0.15, -0.1) is 5.10 Å². The standard InChI is InChI=1S/C34H22Br2N4O2/c1-41-30-16-11-23-17-25(6-5-24(23)19-30)31-20-40(39-38-31)29-4-2-3-26(18-29)34-37-32(21-7-12-27(35)13-8-21)33(42-34)22-9-14-28(36)15-10-22/h2-20H,1H3. The van der Waals surface area contributed by atoms with E-state index in [-0.39, 0.29) is 0 Å². The van der Waals surface area contributed by atoms with Gasteiger partial charge in [0.2, 0.25) is 5.89 Å². The van der Waals surface area contributed by atoms with Crippen molar-refractivity contribution in [1.29, 1.82) is 0 Å². The molecule has 0 unspecified atom stereocenters. The first kappa shape index (κ1) is 26.4. The molecule has 7 rings (SSSR count). The topological polar surface area (TPSA) is 66.0 Å². The van der Waals surface area contributed by atoms with E-state index in [1.165, 1.54) is 0 Å². The van der Waals surface area contributed by atoms with Crippen molar-refractivity contribution in [3.8, 4) is 56.7 Å². The highest BCUT2D eigenvalue weighted by atomic mass is 79.9. The number of halogens is 2. The van der Waals surface area contributed by atoms with Gasteiger partial charge in [-0.3, -0.25) is 0 Å². The van der Waals surface area contributed by atoms with Crippen LogP contribution in [0.25, 0.3) is 61.8 Å². The van der Waals surface area contributed by atoms with E-state index >= 15 is 0 Å². The molecule has 0 spiro atoms. The molecule has 5 aromatic carbocycles. The minimum Gasteiger partial charge on any atom is -0.497 e. The number of aromatic nitrogens is 4. The molecule has 0 bridgehead atoms. The molecular weight excluding hydrogens is 656 g/mol. The third kappa shape index (κ3) is 5.15. The monoisotopic (exact) mass is 676 g/mol. The summed E-state index contributed by atoms with van der Waals surface area (Å²) in [7, 11) is 1.67. The lowest BCUT2D eigenvalue weighted by molar-refractivity contribution is 0.415. The van der Waals surface area contributed by atoms with Crippen molar-refractivity contribution in [1.82, 2.24) is 20.0 Å². The number of ether oxygens (including phenoxy) is 1. The molecule has 0 aliphatic heterocycles. The number of nitrogens with zero attached hydrogens (tertiary/aromatic N) is 4. The quantitative estimate of drug-likeness (QED) is 0.175. The van der Waals surface area contributed by atoms with Gasteiger partial charge in [0.15, 0.2) is 5.76 Å². The Morgan fingerprint density at radius 1 is 0.690 bits per heavy atom. The predicted molar refractivity (Wildman–Crippen MR) is 173 cm³/mol. The van der Waals surface area contributed by atoms with Gasteiger partial charge in [-0.2, -0.15) is 0 Å². The second kappa shape index (κ2) is 11.0. The lowest BCUT2D eigenvalue weighted by Crippen LogP contribution is -1.95. The Hall–Kier alpha value is -4.53. The van der Waals surface area contributed by atoms with E-state index in [2.05, 4.69) is 54.3 Å². The van der Waals surface area contributed by atoms with Crippen molar-refractivity contribution in [3.63, 3.8) is 0 Å². The largest absolute Gasteiger partial charge is 0.497 e. The van der Waals surface area contributed by atoms with E-state index in [4.69, 9.17) is 14.1 Å². The maximum Gasteiger partial charge on any atom is 0.227 e. The molecule has 0 saturated carbocycles. The molecule has 2 aromatic heterocycles. The average molecular weight is 678 g/mol. The van der Waals surface area contributed by atoms with Crippen LogP contribution >= 0.6 is 31.9 Å². The van der Waals surface area contributed by atoms with Crippen molar-refractivity contribution >= 4 is 42.6 Å². The van der Waals surface area contributed by atoms with Crippen LogP contribution in [0.4, 0.5) is 0 Å². The Kier molecular flexibility index (Phi) is 6.93. The normalized spacial score (nSPS) is 11.2. The molecule has 6 nitrogen and oxygen atoms in total. The minimum atomic E-state index is 0.526. The zero-order valence-electron chi connectivity index (χ0n) is 22.3. The summed E-state index contributed by atoms with van der Waals surface area (Å²) in [5.74, 6) is 2.07. The Balaban J connectivity index is 1.24. The number of oxazole rings is 1. The van der Waals surface area contributed by atoms with Crippen LogP contribution in [0.5, 0.6) is 5.75 Å². The first-order valence-electron chi connectivity index (χ1n) is 13.2. The van der Waals surface area contributed by atoms with Gasteiger partial charge in [-0.1, -0.05) is 85.6 Å². The molecule has 42 heavy (non-hydrogen) atoms. The van der Waals surface area contributed by atoms with Gasteiger partial charge < -0.3 is 9.15 Å². The molecule has 0 radical (unpaired) electrons. The van der Waals surface area contributed by atoms with Crippen molar-refractivity contribution < 1.29 is 9.15 Å². The Labute approximate surface area is 258 Å². The van der Waals surface area contributed by atoms with E-state index < -0.39 is 0 Å². The van der Waals surface area contributed by atoms with Crippen LogP contribution in [-0.2, 0) is 0 Å². The summed E-state index contributed by atoms with van der Waals surface area (Å²) in [5, 5.41) is 11.1. The third-order valence-corrected chi connectivity index (χ3v) is 8.10. The van der Waals surface area contributed by atoms with Crippen LogP contribution in [0.1, 0.15) is 0 Å². The fourth-order valence-electron chi connectivity index (χ4n) is 4.86. The fourth-order valence-corrected chi connectivity index (χ4v) is 5.39. The molecular formula is C34H22Br2N4O2. The van der Waals surface area contributed by atoms with Gasteiger partial charge in [0.25, 0.3) is 0 Å². The molecule has 0 saturated heterocycles. The fraction of sp³-hybridized carbons (Fsp3) is 0.0294. The summed E-state index contributed by atoms with van der Waals surface area (Å²) in [6.07, 6.45) is 1.93. The third-order valence-electron chi connectivity index (χ3n) is 7.05. The van der Waals surface area contributed by atoms with Gasteiger partial charge in [-0.25, -0.2) is 9.67 Å². The predicted octanol–water partition coefficient (Wildman–Crippen LogP) is 9.61. The summed E-state index contributed by atoms with van der Waals surface area (Å²) in [6, 6.07) is 36.3. The second-order valence-electron chi connectivity index (χ2n) is 9.74. The summed E-state index contributed by atoms with van der Waals surface area (Å²) < 4.78 is 15.6. The first-order valence-corrected chi connectivity index (χ1v) is 14.8. The van der Waals surface area contributed by atoms with E-state index in [0.29, 0.717) is 11.7 Å². The number of hydrogen-bond donors (Lipinski definition) is 0. The molecule has 8 heteroatoms. The van der Waals surface area contributed by atoms with Crippen molar-refractivity contribution in [3.05, 3.63) is 124 Å². The number of rotatable bonds is 6. The van der Waals surface area contributed by atoms with E-state index in [1.807, 2.05) is 103 Å². The van der Waals surface area contributed by atoms with Gasteiger partial charge in [-0.05, 0) is 71.4 Å². The molecule has 0 aliphatic carbocycles. The van der Waals surface area contributed by atoms with Crippen molar-refractivity contribution in [2.24, 2.45) is 0 Å². The maximum atomic E-state index is 6.44. The van der Waals surface area contributed by atoms with Gasteiger partial charge in [0, 0.05) is 31.2 Å². The number of hydrogen-bond acceptors (Lipinski definition) is 5. The van der Waals surface area contributed by atoms with Gasteiger partial charge >= 0.3 is 0 Å². The SMILES string of the molecule is COc1ccc2cc(-c3cn(-c4cccc(-c5nc(-c6ccc(Br)cc6)c(-c6ccc(Br)cc6)o5)c4)nn3)ccc2c1. The number of benzene rings is 5. The Morgan fingerprint density at radius 2 is 1.38 bits per heavy atom. The Bertz CT molecular complexity index is 1980. The first-order chi connectivity index (χ1) is 20.5. The smallest absolute Gasteiger partial charge is 0.227 e. The zero-order chi connectivity index (χ0) is 28.6. The highest BCUT2D eigenvalue weighted by molar-refractivity contribution is 9.10. The van der Waals surface area contributed by atoms with E-state index in [1.54, 1.807) is 11.8 Å². The van der Waals surface area contributed by atoms with E-state index in [9.17, 15) is 0 Å². The molecule has 0 N–H and O–H groups in total. The molecule has 0 aliphatic rings. The van der Waals surface area contributed by atoms with Crippen LogP contribution in [0.15, 0.2) is 129 Å². The lowest BCUT2D eigenvalue weighted by Gasteiger charge is -2.04. The molecule has 0 fully saturated rings. The van der Waals surface area contributed by atoms with Crippen molar-refractivity contribution in [2.45, 2.75) is 0 Å². The molecule has 7 aromatic rings. The summed E-state index contributed by atoms with van der Waals surface area (Å²) >= 11 is 7.05. The lowest BCUT2D eigenvalue weighted by atomic mass is 10.1. The number of fused-ring (bicyclic) bond motifs is 1. The van der Waals surface area contributed by atoms with Crippen LogP contribution < -0.4 is 4.74 Å². The molecule has 204 valence electrons. The van der Waals surface area contributed by atoms with Crippen LogP contribution in [0.2, 0.25) is 0 Å². The molecule has 2 heterocycles. The zero-order valence-corrected chi connectivity index (χ0v) is 25.5. The summed E-state index contributed by atoms with van der Waals surface area (Å²) in [5.41, 5.74) is 6.15. The van der Waals surface area contributed by atoms with Gasteiger partial charge in [0.1, 0.15) is 17.1 Å². The second-order valence-corrected chi connectivity index (χ2v) is 11.6. The van der Waals surface area contributed by atoms with Crippen LogP contribution in [0.3, 0.4) is 0 Å². The maximum absolute atomic E-state index is 6.44. The summed E-state index contributed by atoms with van der Waals surface area (Å²) in [4.78, 5) is 4.96. The average Bonchev–Trinajstić information content (AvgIpc) is 3.70.